The van der Waals surface area contributed by atoms with Gasteiger partial charge in [-0.2, -0.15) is 13.5 Å². The van der Waals surface area contributed by atoms with Crippen LogP contribution >= 0.6 is 0 Å². The lowest BCUT2D eigenvalue weighted by Gasteiger charge is -2.27. The van der Waals surface area contributed by atoms with Gasteiger partial charge in [0, 0.05) is 12.5 Å². The number of amides is 2. The molecule has 0 unspecified atom stereocenters. The van der Waals surface area contributed by atoms with Gasteiger partial charge in [0.1, 0.15) is 6.04 Å². The molecule has 4 heterocycles. The maximum atomic E-state index is 12.4. The summed E-state index contributed by atoms with van der Waals surface area (Å²) in [5, 5.41) is 12.2. The van der Waals surface area contributed by atoms with Crippen LogP contribution in [-0.4, -0.2) is 64.8 Å². The van der Waals surface area contributed by atoms with E-state index < -0.39 is 28.5 Å². The SMILES string of the molecule is O=C1N2C[C@H](CC[C@H]2c2nnc(C3CCNCC3)o2)N1OS(=O)(=O)O. The fourth-order valence-corrected chi connectivity index (χ4v) is 4.09. The number of fused-ring (bicyclic) bond motifs is 2. The van der Waals surface area contributed by atoms with Crippen molar-refractivity contribution in [3.8, 4) is 0 Å². The molecule has 2 bridgehead atoms. The molecule has 1 aromatic heterocycles. The molecule has 0 radical (unpaired) electrons. The number of hydrogen-bond acceptors (Lipinski definition) is 8. The summed E-state index contributed by atoms with van der Waals surface area (Å²) in [6.07, 6.45) is 2.91. The Morgan fingerprint density at radius 2 is 1.88 bits per heavy atom. The van der Waals surface area contributed by atoms with E-state index >= 15 is 0 Å². The molecule has 0 spiro atoms. The van der Waals surface area contributed by atoms with E-state index in [9.17, 15) is 13.2 Å². The van der Waals surface area contributed by atoms with Gasteiger partial charge in [-0.25, -0.2) is 4.79 Å². The number of urea groups is 1. The van der Waals surface area contributed by atoms with Crippen molar-refractivity contribution in [2.75, 3.05) is 19.6 Å². The zero-order valence-corrected chi connectivity index (χ0v) is 14.2. The average Bonchev–Trinajstić information content (AvgIpc) is 3.16. The van der Waals surface area contributed by atoms with Crippen LogP contribution < -0.4 is 5.32 Å². The van der Waals surface area contributed by atoms with Gasteiger partial charge in [0.15, 0.2) is 0 Å². The summed E-state index contributed by atoms with van der Waals surface area (Å²) in [6, 6.07) is -1.48. The molecule has 2 amide bonds. The number of nitrogens with zero attached hydrogens (tertiary/aromatic N) is 4. The Kier molecular flexibility index (Phi) is 4.14. The first-order chi connectivity index (χ1) is 11.9. The quantitative estimate of drug-likeness (QED) is 0.709. The van der Waals surface area contributed by atoms with Crippen LogP contribution in [0.4, 0.5) is 4.79 Å². The van der Waals surface area contributed by atoms with Crippen molar-refractivity contribution in [3.05, 3.63) is 11.8 Å². The van der Waals surface area contributed by atoms with Crippen molar-refractivity contribution >= 4 is 16.4 Å². The Balaban J connectivity index is 1.51. The third-order valence-corrected chi connectivity index (χ3v) is 5.28. The molecule has 1 aromatic rings. The van der Waals surface area contributed by atoms with E-state index in [1.165, 1.54) is 4.90 Å². The molecule has 3 aliphatic rings. The highest BCUT2D eigenvalue weighted by Gasteiger charge is 2.49. The van der Waals surface area contributed by atoms with Crippen molar-refractivity contribution in [3.63, 3.8) is 0 Å². The van der Waals surface area contributed by atoms with Gasteiger partial charge < -0.3 is 14.6 Å². The highest BCUT2D eigenvalue weighted by atomic mass is 32.3. The third kappa shape index (κ3) is 3.21. The molecule has 25 heavy (non-hydrogen) atoms. The third-order valence-electron chi connectivity index (χ3n) is 4.93. The molecule has 2 atom stereocenters. The fourth-order valence-electron chi connectivity index (χ4n) is 3.70. The molecule has 12 heteroatoms. The molecule has 4 rings (SSSR count). The summed E-state index contributed by atoms with van der Waals surface area (Å²) >= 11 is 0. The Morgan fingerprint density at radius 1 is 1.16 bits per heavy atom. The first-order valence-corrected chi connectivity index (χ1v) is 9.60. The molecule has 3 aliphatic heterocycles. The van der Waals surface area contributed by atoms with E-state index in [1.807, 2.05) is 0 Å². The highest BCUT2D eigenvalue weighted by Crippen LogP contribution is 2.39. The summed E-state index contributed by atoms with van der Waals surface area (Å²) < 4.78 is 40.9. The first-order valence-electron chi connectivity index (χ1n) is 8.23. The summed E-state index contributed by atoms with van der Waals surface area (Å²) in [7, 11) is -4.75. The topological polar surface area (TPSA) is 138 Å². The van der Waals surface area contributed by atoms with Gasteiger partial charge >= 0.3 is 16.4 Å². The van der Waals surface area contributed by atoms with E-state index in [-0.39, 0.29) is 12.5 Å². The second-order valence-corrected chi connectivity index (χ2v) is 7.52. The molecule has 0 aromatic carbocycles. The number of carbonyl (C=O) groups excluding carboxylic acids is 1. The van der Waals surface area contributed by atoms with Gasteiger partial charge in [-0.1, -0.05) is 0 Å². The monoisotopic (exact) mass is 373 g/mol. The van der Waals surface area contributed by atoms with Crippen molar-refractivity contribution in [1.29, 1.82) is 0 Å². The molecule has 11 nitrogen and oxygen atoms in total. The number of nitrogens with one attached hydrogen (secondary N) is 1. The minimum atomic E-state index is -4.75. The zero-order chi connectivity index (χ0) is 17.6. The van der Waals surface area contributed by atoms with Gasteiger partial charge in [-0.05, 0) is 38.8 Å². The zero-order valence-electron chi connectivity index (χ0n) is 13.4. The van der Waals surface area contributed by atoms with Gasteiger partial charge in [-0.15, -0.1) is 14.5 Å². The lowest BCUT2D eigenvalue weighted by atomic mass is 9.98. The minimum absolute atomic E-state index is 0.215. The maximum Gasteiger partial charge on any atom is 0.418 e. The van der Waals surface area contributed by atoms with Crippen LogP contribution in [0.2, 0.25) is 0 Å². The molecule has 3 saturated heterocycles. The van der Waals surface area contributed by atoms with Crippen LogP contribution in [0, 0.1) is 0 Å². The Morgan fingerprint density at radius 3 is 2.60 bits per heavy atom. The van der Waals surface area contributed by atoms with Crippen molar-refractivity contribution in [2.24, 2.45) is 0 Å². The van der Waals surface area contributed by atoms with E-state index in [1.54, 1.807) is 0 Å². The Hall–Kier alpha value is -1.76. The fraction of sp³-hybridized carbons (Fsp3) is 0.769. The minimum Gasteiger partial charge on any atom is -0.423 e. The average molecular weight is 373 g/mol. The number of rotatable bonds is 4. The van der Waals surface area contributed by atoms with E-state index in [0.717, 1.165) is 25.9 Å². The van der Waals surface area contributed by atoms with Crippen LogP contribution in [0.15, 0.2) is 4.42 Å². The largest absolute Gasteiger partial charge is 0.423 e. The summed E-state index contributed by atoms with van der Waals surface area (Å²) in [5.41, 5.74) is 0. The van der Waals surface area contributed by atoms with E-state index in [0.29, 0.717) is 29.7 Å². The van der Waals surface area contributed by atoms with Gasteiger partial charge in [-0.3, -0.25) is 4.55 Å². The molecule has 2 N–H and O–H groups in total. The van der Waals surface area contributed by atoms with Crippen LogP contribution in [0.25, 0.3) is 0 Å². The van der Waals surface area contributed by atoms with Crippen LogP contribution in [0.3, 0.4) is 0 Å². The molecule has 0 aliphatic carbocycles. The second-order valence-electron chi connectivity index (χ2n) is 6.51. The summed E-state index contributed by atoms with van der Waals surface area (Å²) in [4.78, 5) is 13.9. The number of aromatic nitrogens is 2. The molecular formula is C13H19N5O6S. The predicted octanol–water partition coefficient (Wildman–Crippen LogP) is 0.212. The summed E-state index contributed by atoms with van der Waals surface area (Å²) in [5.74, 6) is 1.15. The number of carbonyl (C=O) groups is 1. The van der Waals surface area contributed by atoms with Gasteiger partial charge in [0.05, 0.1) is 6.04 Å². The second kappa shape index (κ2) is 6.20. The maximum absolute atomic E-state index is 12.4. The number of hydrogen-bond donors (Lipinski definition) is 2. The van der Waals surface area contributed by atoms with Gasteiger partial charge in [0.2, 0.25) is 11.8 Å². The van der Waals surface area contributed by atoms with E-state index in [2.05, 4.69) is 19.8 Å². The van der Waals surface area contributed by atoms with Gasteiger partial charge in [0.25, 0.3) is 0 Å². The highest BCUT2D eigenvalue weighted by molar-refractivity contribution is 7.80. The van der Waals surface area contributed by atoms with Crippen molar-refractivity contribution < 1.29 is 26.5 Å². The van der Waals surface area contributed by atoms with E-state index in [4.69, 9.17) is 8.97 Å². The Bertz CT molecular complexity index is 761. The predicted molar refractivity (Wildman–Crippen MR) is 81.5 cm³/mol. The number of hydroxylamine groups is 2. The normalized spacial score (nSPS) is 28.0. The van der Waals surface area contributed by atoms with Crippen molar-refractivity contribution in [1.82, 2.24) is 25.5 Å². The smallest absolute Gasteiger partial charge is 0.418 e. The van der Waals surface area contributed by atoms with Crippen molar-refractivity contribution in [2.45, 2.75) is 43.7 Å². The van der Waals surface area contributed by atoms with Crippen LogP contribution in [0.1, 0.15) is 49.4 Å². The van der Waals surface area contributed by atoms with Crippen LogP contribution in [-0.2, 0) is 14.7 Å². The lowest BCUT2D eigenvalue weighted by molar-refractivity contribution is -0.0317. The van der Waals surface area contributed by atoms with Crippen LogP contribution in [0.5, 0.6) is 0 Å². The summed E-state index contributed by atoms with van der Waals surface area (Å²) in [6.45, 7) is 2.09. The molecule has 0 saturated carbocycles. The molecular weight excluding hydrogens is 354 g/mol. The first kappa shape index (κ1) is 16.7. The Labute approximate surface area is 144 Å². The number of piperidine rings is 2. The molecule has 138 valence electrons. The lowest BCUT2D eigenvalue weighted by Crippen LogP contribution is -2.35. The molecule has 3 fully saturated rings. The standard InChI is InChI=1S/C13H19N5O6S/c19-13-17-7-9(18(13)24-25(20,21)22)1-2-10(17)12-16-15-11(23-12)8-3-5-14-6-4-8/h8-10,14H,1-7H2,(H,20,21,22)/t9-,10-/m0/s1.